The predicted molar refractivity (Wildman–Crippen MR) is 96.3 cm³/mol. The number of aliphatic hydroxyl groups is 2. The van der Waals surface area contributed by atoms with Gasteiger partial charge in [-0.25, -0.2) is 0 Å². The summed E-state index contributed by atoms with van der Waals surface area (Å²) in [5.41, 5.74) is 0.496. The van der Waals surface area contributed by atoms with Crippen molar-refractivity contribution in [3.05, 3.63) is 23.8 Å². The van der Waals surface area contributed by atoms with E-state index in [4.69, 9.17) is 4.74 Å². The zero-order valence-electron chi connectivity index (χ0n) is 15.3. The second kappa shape index (κ2) is 7.25. The fourth-order valence-corrected chi connectivity index (χ4v) is 3.84. The Bertz CT molecular complexity index is 707. The van der Waals surface area contributed by atoms with Crippen LogP contribution in [0.15, 0.2) is 18.2 Å². The van der Waals surface area contributed by atoms with Gasteiger partial charge in [-0.3, -0.25) is 9.59 Å². The molecule has 0 saturated carbocycles. The maximum Gasteiger partial charge on any atom is 0.264 e. The summed E-state index contributed by atoms with van der Waals surface area (Å²) in [5, 5.41) is 20.3. The first-order valence-corrected chi connectivity index (χ1v) is 9.03. The van der Waals surface area contributed by atoms with Crippen molar-refractivity contribution in [3.63, 3.8) is 0 Å². The van der Waals surface area contributed by atoms with Gasteiger partial charge < -0.3 is 24.7 Å². The molecule has 1 fully saturated rings. The second-order valence-electron chi connectivity index (χ2n) is 7.21. The van der Waals surface area contributed by atoms with Crippen molar-refractivity contribution in [2.45, 2.75) is 32.3 Å². The number of likely N-dealkylation sites (tertiary alicyclic amines) is 1. The summed E-state index contributed by atoms with van der Waals surface area (Å²) in [6.45, 7) is 2.62. The lowest BCUT2D eigenvalue weighted by molar-refractivity contribution is -0.120. The minimum absolute atomic E-state index is 0.00419. The molecule has 2 atom stereocenters. The van der Waals surface area contributed by atoms with Crippen LogP contribution in [0.2, 0.25) is 0 Å². The Balaban J connectivity index is 1.78. The summed E-state index contributed by atoms with van der Waals surface area (Å²) in [4.78, 5) is 27.8. The number of amides is 2. The van der Waals surface area contributed by atoms with Gasteiger partial charge in [0.1, 0.15) is 5.75 Å². The standard InChI is InChI=1S/C19H26N2O5/c1-3-6-19(12-22)7-8-21(10-16(19)23)18(25)13-4-5-15-14(9-13)20(2)17(24)11-26-15/h4-5,9,16,22-23H,3,6-8,10-12H2,1-2H3/t16-,19+/m0/s1. The Labute approximate surface area is 153 Å². The number of carbonyl (C=O) groups excluding carboxylic acids is 2. The molecule has 0 radical (unpaired) electrons. The van der Waals surface area contributed by atoms with Crippen LogP contribution in [0.25, 0.3) is 0 Å². The number of benzene rings is 1. The number of likely N-dealkylation sites (N-methyl/N-ethyl adjacent to an activating group) is 1. The molecular formula is C19H26N2O5. The molecule has 26 heavy (non-hydrogen) atoms. The number of hydrogen-bond acceptors (Lipinski definition) is 5. The van der Waals surface area contributed by atoms with E-state index < -0.39 is 11.5 Å². The van der Waals surface area contributed by atoms with Gasteiger partial charge in [-0.15, -0.1) is 0 Å². The van der Waals surface area contributed by atoms with Crippen molar-refractivity contribution in [3.8, 4) is 5.75 Å². The second-order valence-corrected chi connectivity index (χ2v) is 7.21. The molecule has 7 nitrogen and oxygen atoms in total. The van der Waals surface area contributed by atoms with Crippen molar-refractivity contribution in [1.29, 1.82) is 0 Å². The van der Waals surface area contributed by atoms with Gasteiger partial charge in [-0.1, -0.05) is 13.3 Å². The quantitative estimate of drug-likeness (QED) is 0.835. The van der Waals surface area contributed by atoms with Crippen LogP contribution < -0.4 is 9.64 Å². The number of piperidine rings is 1. The van der Waals surface area contributed by atoms with Gasteiger partial charge in [0, 0.05) is 31.1 Å². The minimum atomic E-state index is -0.754. The largest absolute Gasteiger partial charge is 0.482 e. The first-order chi connectivity index (χ1) is 12.4. The SMILES string of the molecule is CCC[C@]1(CO)CCN(C(=O)c2ccc3c(c2)N(C)C(=O)CO3)C[C@@H]1O. The van der Waals surface area contributed by atoms with E-state index in [2.05, 4.69) is 0 Å². The molecule has 0 spiro atoms. The van der Waals surface area contributed by atoms with Crippen molar-refractivity contribution in [1.82, 2.24) is 4.90 Å². The summed E-state index contributed by atoms with van der Waals surface area (Å²) in [6.07, 6.45) is 1.42. The molecule has 2 amide bonds. The zero-order valence-corrected chi connectivity index (χ0v) is 15.3. The molecule has 2 aliphatic heterocycles. The van der Waals surface area contributed by atoms with Gasteiger partial charge in [0.15, 0.2) is 6.61 Å². The van der Waals surface area contributed by atoms with Crippen LogP contribution in [0.5, 0.6) is 5.75 Å². The van der Waals surface area contributed by atoms with Crippen molar-refractivity contribution in [2.24, 2.45) is 5.41 Å². The number of rotatable bonds is 4. The van der Waals surface area contributed by atoms with Crippen LogP contribution in [0.1, 0.15) is 36.5 Å². The maximum absolute atomic E-state index is 12.9. The smallest absolute Gasteiger partial charge is 0.264 e. The summed E-state index contributed by atoms with van der Waals surface area (Å²) < 4.78 is 5.39. The third kappa shape index (κ3) is 3.17. The number of hydrogen-bond donors (Lipinski definition) is 2. The van der Waals surface area contributed by atoms with Crippen LogP contribution in [0.3, 0.4) is 0 Å². The van der Waals surface area contributed by atoms with Gasteiger partial charge in [-0.05, 0) is 31.0 Å². The normalized spacial score (nSPS) is 25.7. The zero-order chi connectivity index (χ0) is 18.9. The highest BCUT2D eigenvalue weighted by atomic mass is 16.5. The molecule has 0 aromatic heterocycles. The Morgan fingerprint density at radius 2 is 2.19 bits per heavy atom. The molecular weight excluding hydrogens is 336 g/mol. The number of ether oxygens (including phenoxy) is 1. The average molecular weight is 362 g/mol. The highest BCUT2D eigenvalue weighted by molar-refractivity contribution is 6.01. The molecule has 0 unspecified atom stereocenters. The van der Waals surface area contributed by atoms with E-state index in [0.717, 1.165) is 12.8 Å². The summed E-state index contributed by atoms with van der Waals surface area (Å²) >= 11 is 0. The van der Waals surface area contributed by atoms with Crippen molar-refractivity contribution < 1.29 is 24.5 Å². The average Bonchev–Trinajstić information content (AvgIpc) is 2.66. The number of carbonyl (C=O) groups is 2. The van der Waals surface area contributed by atoms with E-state index in [-0.39, 0.29) is 31.6 Å². The van der Waals surface area contributed by atoms with E-state index in [1.165, 1.54) is 4.90 Å². The van der Waals surface area contributed by atoms with Crippen LogP contribution in [0.4, 0.5) is 5.69 Å². The lowest BCUT2D eigenvalue weighted by Gasteiger charge is -2.44. The van der Waals surface area contributed by atoms with Gasteiger partial charge in [0.05, 0.1) is 18.4 Å². The molecule has 2 aliphatic rings. The van der Waals surface area contributed by atoms with Gasteiger partial charge in [0.2, 0.25) is 0 Å². The third-order valence-electron chi connectivity index (χ3n) is 5.62. The summed E-state index contributed by atoms with van der Waals surface area (Å²) in [6, 6.07) is 5.03. The number of aliphatic hydroxyl groups excluding tert-OH is 2. The van der Waals surface area contributed by atoms with E-state index in [0.29, 0.717) is 30.0 Å². The summed E-state index contributed by atoms with van der Waals surface area (Å²) in [5.74, 6) is 0.216. The van der Waals surface area contributed by atoms with Crippen LogP contribution in [-0.4, -0.2) is 66.4 Å². The molecule has 1 saturated heterocycles. The van der Waals surface area contributed by atoms with Crippen LogP contribution >= 0.6 is 0 Å². The lowest BCUT2D eigenvalue weighted by Crippen LogP contribution is -2.54. The minimum Gasteiger partial charge on any atom is -0.482 e. The van der Waals surface area contributed by atoms with Gasteiger partial charge >= 0.3 is 0 Å². The molecule has 142 valence electrons. The Hall–Kier alpha value is -2.12. The Morgan fingerprint density at radius 1 is 1.42 bits per heavy atom. The van der Waals surface area contributed by atoms with Crippen LogP contribution in [-0.2, 0) is 4.79 Å². The molecule has 0 bridgehead atoms. The lowest BCUT2D eigenvalue weighted by atomic mass is 9.73. The third-order valence-corrected chi connectivity index (χ3v) is 5.62. The molecule has 0 aliphatic carbocycles. The van der Waals surface area contributed by atoms with E-state index in [1.807, 2.05) is 6.92 Å². The van der Waals surface area contributed by atoms with E-state index >= 15 is 0 Å². The molecule has 2 heterocycles. The van der Waals surface area contributed by atoms with Gasteiger partial charge in [-0.2, -0.15) is 0 Å². The van der Waals surface area contributed by atoms with E-state index in [1.54, 1.807) is 30.1 Å². The summed E-state index contributed by atoms with van der Waals surface area (Å²) in [7, 11) is 1.66. The first kappa shape index (κ1) is 18.7. The molecule has 7 heteroatoms. The molecule has 3 rings (SSSR count). The van der Waals surface area contributed by atoms with Gasteiger partial charge in [0.25, 0.3) is 11.8 Å². The maximum atomic E-state index is 12.9. The highest BCUT2D eigenvalue weighted by Crippen LogP contribution is 2.37. The number of nitrogens with zero attached hydrogens (tertiary/aromatic N) is 2. The number of fused-ring (bicyclic) bond motifs is 1. The fourth-order valence-electron chi connectivity index (χ4n) is 3.84. The Kier molecular flexibility index (Phi) is 5.20. The molecule has 1 aromatic rings. The predicted octanol–water partition coefficient (Wildman–Crippen LogP) is 1.03. The first-order valence-electron chi connectivity index (χ1n) is 9.03. The topological polar surface area (TPSA) is 90.3 Å². The molecule has 1 aromatic carbocycles. The Morgan fingerprint density at radius 3 is 2.85 bits per heavy atom. The monoisotopic (exact) mass is 362 g/mol. The van der Waals surface area contributed by atoms with Crippen LogP contribution in [0, 0.1) is 5.41 Å². The number of β-amino-alcohol motifs (C(OH)–C–C–N with tert-alkyl or cyclic N) is 1. The number of anilines is 1. The van der Waals surface area contributed by atoms with Crippen molar-refractivity contribution in [2.75, 3.05) is 38.3 Å². The van der Waals surface area contributed by atoms with E-state index in [9.17, 15) is 19.8 Å². The fraction of sp³-hybridized carbons (Fsp3) is 0.579. The van der Waals surface area contributed by atoms with Crippen molar-refractivity contribution >= 4 is 17.5 Å². The highest BCUT2D eigenvalue weighted by Gasteiger charge is 2.42. The molecule has 2 N–H and O–H groups in total.